The summed E-state index contributed by atoms with van der Waals surface area (Å²) in [6.45, 7) is 5.18. The molecule has 5 nitrogen and oxygen atoms in total. The Morgan fingerprint density at radius 3 is 2.53 bits per heavy atom. The Bertz CT molecular complexity index is 530. The molecule has 0 aliphatic rings. The van der Waals surface area contributed by atoms with E-state index in [4.69, 9.17) is 10.5 Å². The Kier molecular flexibility index (Phi) is 3.56. The molecule has 1 rings (SSSR count). The van der Waals surface area contributed by atoms with Gasteiger partial charge in [0.25, 0.3) is 0 Å². The fourth-order valence-electron chi connectivity index (χ4n) is 1.21. The molecule has 0 aliphatic carbocycles. The number of carbonyl (C=O) groups is 1. The first-order chi connectivity index (χ1) is 7.64. The van der Waals surface area contributed by atoms with Gasteiger partial charge < -0.3 is 5.73 Å². The lowest BCUT2D eigenvalue weighted by atomic mass is 10.2. The number of carbonyl (C=O) groups excluding carboxylic acids is 1. The molecular formula is C11H17N3O2S. The van der Waals surface area contributed by atoms with Crippen molar-refractivity contribution in [3.05, 3.63) is 23.9 Å². The number of hydrogen-bond acceptors (Lipinski definition) is 4. The van der Waals surface area contributed by atoms with E-state index in [1.165, 1.54) is 0 Å². The van der Waals surface area contributed by atoms with Crippen molar-refractivity contribution in [2.75, 3.05) is 0 Å². The molecule has 0 spiro atoms. The number of primary amides is 1. The highest BCUT2D eigenvalue weighted by atomic mass is 32.2. The molecule has 6 heteroatoms. The number of aromatic nitrogens is 1. The molecule has 17 heavy (non-hydrogen) atoms. The van der Waals surface area contributed by atoms with Gasteiger partial charge in [-0.15, -0.1) is 0 Å². The Balaban J connectivity index is 3.21. The third-order valence-electron chi connectivity index (χ3n) is 2.29. The molecule has 0 bridgehead atoms. The lowest BCUT2D eigenvalue weighted by Crippen LogP contribution is -2.28. The van der Waals surface area contributed by atoms with E-state index in [2.05, 4.69) is 4.98 Å². The number of pyridine rings is 1. The summed E-state index contributed by atoms with van der Waals surface area (Å²) >= 11 is 0. The minimum absolute atomic E-state index is 0.00645. The Hall–Kier alpha value is -1.43. The summed E-state index contributed by atoms with van der Waals surface area (Å²) in [5.41, 5.74) is 5.52. The molecule has 0 saturated carbocycles. The van der Waals surface area contributed by atoms with E-state index in [0.717, 1.165) is 0 Å². The molecule has 1 unspecified atom stereocenters. The number of amides is 1. The quantitative estimate of drug-likeness (QED) is 0.852. The van der Waals surface area contributed by atoms with Crippen molar-refractivity contribution in [3.8, 4) is 0 Å². The van der Waals surface area contributed by atoms with Crippen molar-refractivity contribution in [3.63, 3.8) is 0 Å². The number of rotatable bonds is 3. The fraction of sp³-hybridized carbons (Fsp3) is 0.455. The maximum Gasteiger partial charge on any atom is 0.223 e. The third-order valence-corrected chi connectivity index (χ3v) is 4.83. The maximum absolute atomic E-state index is 12.3. The highest BCUT2D eigenvalue weighted by Gasteiger charge is 2.28. The van der Waals surface area contributed by atoms with Crippen LogP contribution in [-0.2, 0) is 20.9 Å². The molecule has 94 valence electrons. The number of nitrogens with one attached hydrogen (secondary N) is 1. The van der Waals surface area contributed by atoms with Crippen LogP contribution in [0.3, 0.4) is 0 Å². The van der Waals surface area contributed by atoms with Crippen LogP contribution in [-0.4, -0.2) is 19.8 Å². The molecule has 0 aliphatic heterocycles. The average molecular weight is 255 g/mol. The van der Waals surface area contributed by atoms with Crippen LogP contribution in [0.4, 0.5) is 0 Å². The van der Waals surface area contributed by atoms with Gasteiger partial charge in [-0.1, -0.05) is 6.07 Å². The van der Waals surface area contributed by atoms with Crippen molar-refractivity contribution in [2.45, 2.75) is 37.0 Å². The Morgan fingerprint density at radius 1 is 1.47 bits per heavy atom. The lowest BCUT2D eigenvalue weighted by molar-refractivity contribution is -0.117. The molecule has 1 amide bonds. The second-order valence-corrected chi connectivity index (χ2v) is 7.53. The van der Waals surface area contributed by atoms with Crippen molar-refractivity contribution < 1.29 is 9.00 Å². The minimum Gasteiger partial charge on any atom is -0.369 e. The minimum atomic E-state index is -3.00. The van der Waals surface area contributed by atoms with Crippen LogP contribution in [0.2, 0.25) is 0 Å². The highest BCUT2D eigenvalue weighted by Crippen LogP contribution is 2.24. The van der Waals surface area contributed by atoms with Crippen LogP contribution in [0.5, 0.6) is 0 Å². The van der Waals surface area contributed by atoms with Gasteiger partial charge in [-0.2, -0.15) is 0 Å². The molecule has 1 atom stereocenters. The van der Waals surface area contributed by atoms with E-state index in [1.807, 2.05) is 0 Å². The van der Waals surface area contributed by atoms with Gasteiger partial charge >= 0.3 is 0 Å². The lowest BCUT2D eigenvalue weighted by Gasteiger charge is -2.21. The Labute approximate surface area is 101 Å². The zero-order valence-electron chi connectivity index (χ0n) is 10.2. The summed E-state index contributed by atoms with van der Waals surface area (Å²) in [5.74, 6) is -0.498. The van der Waals surface area contributed by atoms with Gasteiger partial charge in [0.1, 0.15) is 5.03 Å². The topological polar surface area (TPSA) is 96.9 Å². The van der Waals surface area contributed by atoms with Crippen molar-refractivity contribution in [1.29, 1.82) is 4.78 Å². The van der Waals surface area contributed by atoms with Gasteiger partial charge in [0.15, 0.2) is 0 Å². The summed E-state index contributed by atoms with van der Waals surface area (Å²) < 4.78 is 19.6. The van der Waals surface area contributed by atoms with Gasteiger partial charge in [-0.25, -0.2) is 14.0 Å². The first-order valence-electron chi connectivity index (χ1n) is 5.17. The molecule has 1 aromatic heterocycles. The fourth-order valence-corrected chi connectivity index (χ4v) is 2.35. The molecule has 3 N–H and O–H groups in total. The van der Waals surface area contributed by atoms with Crippen LogP contribution in [0, 0.1) is 4.78 Å². The van der Waals surface area contributed by atoms with E-state index in [9.17, 15) is 9.00 Å². The highest BCUT2D eigenvalue weighted by molar-refractivity contribution is 7.93. The van der Waals surface area contributed by atoms with Crippen molar-refractivity contribution in [2.24, 2.45) is 5.73 Å². The van der Waals surface area contributed by atoms with Gasteiger partial charge in [-0.3, -0.25) is 4.79 Å². The molecule has 0 aromatic carbocycles. The number of hydrogen-bond donors (Lipinski definition) is 2. The van der Waals surface area contributed by atoms with E-state index >= 15 is 0 Å². The standard InChI is InChI=1S/C11H17N3O2S/c1-11(2,3)17(13,16)10-6-4-5-8(14-10)7-9(12)15/h4-6,13H,7H2,1-3H3,(H2,12,15). The largest absolute Gasteiger partial charge is 0.369 e. The van der Waals surface area contributed by atoms with E-state index in [-0.39, 0.29) is 11.4 Å². The monoisotopic (exact) mass is 255 g/mol. The smallest absolute Gasteiger partial charge is 0.223 e. The third kappa shape index (κ3) is 3.03. The predicted molar refractivity (Wildman–Crippen MR) is 66.0 cm³/mol. The van der Waals surface area contributed by atoms with Crippen molar-refractivity contribution in [1.82, 2.24) is 4.98 Å². The summed E-state index contributed by atoms with van der Waals surface area (Å²) in [6, 6.07) is 4.82. The molecule has 1 aromatic rings. The Morgan fingerprint density at radius 2 is 2.06 bits per heavy atom. The summed E-state index contributed by atoms with van der Waals surface area (Å²) in [4.78, 5) is 14.9. The number of nitrogens with zero attached hydrogens (tertiary/aromatic N) is 1. The average Bonchev–Trinajstić information content (AvgIpc) is 2.15. The molecule has 0 saturated heterocycles. The summed E-state index contributed by atoms with van der Waals surface area (Å²) in [6.07, 6.45) is -0.00645. The van der Waals surface area contributed by atoms with E-state index in [0.29, 0.717) is 5.69 Å². The van der Waals surface area contributed by atoms with Gasteiger partial charge in [-0.05, 0) is 32.9 Å². The first kappa shape index (κ1) is 13.6. The van der Waals surface area contributed by atoms with E-state index in [1.54, 1.807) is 39.0 Å². The second-order valence-electron chi connectivity index (χ2n) is 4.78. The van der Waals surface area contributed by atoms with Gasteiger partial charge in [0.2, 0.25) is 5.91 Å². The maximum atomic E-state index is 12.3. The summed E-state index contributed by atoms with van der Waals surface area (Å²) in [5, 5.41) is 0.198. The van der Waals surface area contributed by atoms with Crippen LogP contribution >= 0.6 is 0 Å². The molecular weight excluding hydrogens is 238 g/mol. The second kappa shape index (κ2) is 4.44. The molecule has 0 fully saturated rings. The molecule has 0 radical (unpaired) electrons. The first-order valence-corrected chi connectivity index (χ1v) is 6.73. The normalized spacial score (nSPS) is 15.2. The zero-order chi connectivity index (χ0) is 13.3. The number of nitrogens with two attached hydrogens (primary N) is 1. The van der Waals surface area contributed by atoms with Gasteiger partial charge in [0.05, 0.1) is 26.6 Å². The van der Waals surface area contributed by atoms with Crippen LogP contribution < -0.4 is 5.73 Å². The predicted octanol–water partition coefficient (Wildman–Crippen LogP) is 1.31. The summed E-state index contributed by atoms with van der Waals surface area (Å²) in [7, 11) is -3.00. The van der Waals surface area contributed by atoms with E-state index < -0.39 is 20.4 Å². The molecule has 1 heterocycles. The zero-order valence-corrected chi connectivity index (χ0v) is 11.0. The SMILES string of the molecule is CC(C)(C)S(=N)(=O)c1cccc(CC(N)=O)n1. The van der Waals surface area contributed by atoms with Crippen molar-refractivity contribution >= 4 is 15.6 Å². The van der Waals surface area contributed by atoms with Gasteiger partial charge in [0, 0.05) is 0 Å². The van der Waals surface area contributed by atoms with Crippen LogP contribution in [0.25, 0.3) is 0 Å². The van der Waals surface area contributed by atoms with Crippen LogP contribution in [0.1, 0.15) is 26.5 Å². The van der Waals surface area contributed by atoms with Crippen LogP contribution in [0.15, 0.2) is 23.2 Å².